The number of aryl methyl sites for hydroxylation is 1. The molecule has 2 heterocycles. The van der Waals surface area contributed by atoms with Crippen LogP contribution >= 0.6 is 0 Å². The number of likely N-dealkylation sites (N-methyl/N-ethyl adjacent to an activating group) is 1. The van der Waals surface area contributed by atoms with E-state index in [4.69, 9.17) is 4.52 Å². The summed E-state index contributed by atoms with van der Waals surface area (Å²) in [5, 5.41) is 7.39. The van der Waals surface area contributed by atoms with Crippen LogP contribution in [0.15, 0.2) is 34.9 Å². The lowest BCUT2D eigenvalue weighted by atomic mass is 10.1. The smallest absolute Gasteiger partial charge is 0.236 e. The Morgan fingerprint density at radius 1 is 1.29 bits per heavy atom. The second kappa shape index (κ2) is 7.59. The van der Waals surface area contributed by atoms with E-state index in [9.17, 15) is 4.79 Å². The molecule has 0 aliphatic carbocycles. The molecule has 128 valence electrons. The van der Waals surface area contributed by atoms with Crippen molar-refractivity contribution in [1.82, 2.24) is 20.3 Å². The van der Waals surface area contributed by atoms with Gasteiger partial charge in [0.25, 0.3) is 0 Å². The van der Waals surface area contributed by atoms with E-state index >= 15 is 0 Å². The molecule has 0 saturated carbocycles. The number of nitrogens with one attached hydrogen (secondary N) is 1. The van der Waals surface area contributed by atoms with Gasteiger partial charge >= 0.3 is 0 Å². The quantitative estimate of drug-likeness (QED) is 0.901. The highest BCUT2D eigenvalue weighted by Gasteiger charge is 2.18. The molecule has 24 heavy (non-hydrogen) atoms. The number of hydrogen-bond acceptors (Lipinski definition) is 5. The summed E-state index contributed by atoms with van der Waals surface area (Å²) >= 11 is 0. The number of nitrogens with zero attached hydrogens (tertiary/aromatic N) is 3. The summed E-state index contributed by atoms with van der Waals surface area (Å²) in [7, 11) is 1.92. The summed E-state index contributed by atoms with van der Waals surface area (Å²) in [6, 6.07) is 10.1. The van der Waals surface area contributed by atoms with Gasteiger partial charge in [-0.1, -0.05) is 35.0 Å². The molecule has 1 aromatic heterocycles. The molecule has 0 radical (unpaired) electrons. The molecule has 1 N–H and O–H groups in total. The molecule has 0 spiro atoms. The number of hydrogen-bond donors (Lipinski definition) is 1. The first-order valence-corrected chi connectivity index (χ1v) is 8.31. The highest BCUT2D eigenvalue weighted by atomic mass is 16.5. The fourth-order valence-electron chi connectivity index (χ4n) is 2.81. The zero-order chi connectivity index (χ0) is 16.9. The van der Waals surface area contributed by atoms with Crippen LogP contribution < -0.4 is 5.32 Å². The molecular formula is C18H24N4O2. The first-order chi connectivity index (χ1) is 11.6. The van der Waals surface area contributed by atoms with Crippen molar-refractivity contribution < 1.29 is 9.32 Å². The molecule has 3 rings (SSSR count). The third-order valence-corrected chi connectivity index (χ3v) is 4.21. The number of carbonyl (C=O) groups excluding carboxylic acids is 1. The second-order valence-electron chi connectivity index (χ2n) is 6.35. The first-order valence-electron chi connectivity index (χ1n) is 8.31. The van der Waals surface area contributed by atoms with Gasteiger partial charge in [-0.25, -0.2) is 0 Å². The normalized spacial score (nSPS) is 15.0. The van der Waals surface area contributed by atoms with Gasteiger partial charge in [0.1, 0.15) is 5.69 Å². The summed E-state index contributed by atoms with van der Waals surface area (Å²) in [6.45, 7) is 6.33. The van der Waals surface area contributed by atoms with Gasteiger partial charge in [-0.3, -0.25) is 9.69 Å². The van der Waals surface area contributed by atoms with E-state index < -0.39 is 0 Å². The van der Waals surface area contributed by atoms with Crippen molar-refractivity contribution in [2.45, 2.75) is 13.5 Å². The van der Waals surface area contributed by atoms with Crippen LogP contribution in [0, 0.1) is 6.92 Å². The molecule has 1 aliphatic rings. The fraction of sp³-hybridized carbons (Fsp3) is 0.444. The lowest BCUT2D eigenvalue weighted by Gasteiger charge is -2.29. The predicted octanol–water partition coefficient (Wildman–Crippen LogP) is 1.51. The van der Waals surface area contributed by atoms with Gasteiger partial charge < -0.3 is 14.7 Å². The molecule has 1 saturated heterocycles. The zero-order valence-electron chi connectivity index (χ0n) is 14.3. The lowest BCUT2D eigenvalue weighted by Crippen LogP contribution is -2.49. The van der Waals surface area contributed by atoms with Crippen molar-refractivity contribution in [2.75, 3.05) is 39.8 Å². The maximum atomic E-state index is 12.3. The Morgan fingerprint density at radius 3 is 2.71 bits per heavy atom. The summed E-state index contributed by atoms with van der Waals surface area (Å²) in [5.74, 6) is 0.929. The van der Waals surface area contributed by atoms with Gasteiger partial charge in [-0.15, -0.1) is 0 Å². The molecule has 1 amide bonds. The minimum Gasteiger partial charge on any atom is -0.359 e. The molecule has 1 aliphatic heterocycles. The van der Waals surface area contributed by atoms with Crippen LogP contribution in [0.4, 0.5) is 0 Å². The first kappa shape index (κ1) is 16.7. The summed E-state index contributed by atoms with van der Waals surface area (Å²) < 4.78 is 5.42. The SMILES string of the molecule is Cc1ccc(-c2cc(CN(C)CC(=O)N3CCNCC3)on2)cc1. The highest BCUT2D eigenvalue weighted by molar-refractivity contribution is 5.78. The van der Waals surface area contributed by atoms with E-state index in [1.54, 1.807) is 0 Å². The van der Waals surface area contributed by atoms with E-state index in [1.807, 2.05) is 35.0 Å². The topological polar surface area (TPSA) is 61.6 Å². The van der Waals surface area contributed by atoms with Gasteiger partial charge in [0.05, 0.1) is 13.1 Å². The molecule has 1 fully saturated rings. The minimum absolute atomic E-state index is 0.164. The van der Waals surface area contributed by atoms with Crippen LogP contribution in [0.3, 0.4) is 0 Å². The Morgan fingerprint density at radius 2 is 2.00 bits per heavy atom. The van der Waals surface area contributed by atoms with Crippen molar-refractivity contribution in [2.24, 2.45) is 0 Å². The number of amides is 1. The van der Waals surface area contributed by atoms with Gasteiger partial charge in [0, 0.05) is 37.8 Å². The standard InChI is InChI=1S/C18H24N4O2/c1-14-3-5-15(6-4-14)17-11-16(24-20-17)12-21(2)13-18(23)22-9-7-19-8-10-22/h3-6,11,19H,7-10,12-13H2,1-2H3. The van der Waals surface area contributed by atoms with E-state index in [2.05, 4.69) is 29.5 Å². The summed E-state index contributed by atoms with van der Waals surface area (Å²) in [4.78, 5) is 16.1. The summed E-state index contributed by atoms with van der Waals surface area (Å²) in [6.07, 6.45) is 0. The molecule has 2 aromatic rings. The summed E-state index contributed by atoms with van der Waals surface area (Å²) in [5.41, 5.74) is 3.08. The van der Waals surface area contributed by atoms with Gasteiger partial charge in [-0.2, -0.15) is 0 Å². The van der Waals surface area contributed by atoms with Crippen molar-refractivity contribution in [3.63, 3.8) is 0 Å². The maximum Gasteiger partial charge on any atom is 0.236 e. The van der Waals surface area contributed by atoms with Gasteiger partial charge in [0.15, 0.2) is 5.76 Å². The molecule has 0 unspecified atom stereocenters. The highest BCUT2D eigenvalue weighted by Crippen LogP contribution is 2.20. The maximum absolute atomic E-state index is 12.3. The number of benzene rings is 1. The molecule has 6 nitrogen and oxygen atoms in total. The van der Waals surface area contributed by atoms with Crippen molar-refractivity contribution >= 4 is 5.91 Å². The van der Waals surface area contributed by atoms with Crippen LogP contribution in [-0.2, 0) is 11.3 Å². The zero-order valence-corrected chi connectivity index (χ0v) is 14.3. The van der Waals surface area contributed by atoms with E-state index in [0.717, 1.165) is 43.2 Å². The van der Waals surface area contributed by atoms with E-state index in [-0.39, 0.29) is 5.91 Å². The van der Waals surface area contributed by atoms with Crippen LogP contribution in [0.5, 0.6) is 0 Å². The monoisotopic (exact) mass is 328 g/mol. The van der Waals surface area contributed by atoms with Crippen LogP contribution in [0.1, 0.15) is 11.3 Å². The van der Waals surface area contributed by atoms with E-state index in [1.165, 1.54) is 5.56 Å². The van der Waals surface area contributed by atoms with Crippen LogP contribution in [0.2, 0.25) is 0 Å². The van der Waals surface area contributed by atoms with Crippen molar-refractivity contribution in [1.29, 1.82) is 0 Å². The molecular weight excluding hydrogens is 304 g/mol. The van der Waals surface area contributed by atoms with Crippen molar-refractivity contribution in [3.05, 3.63) is 41.7 Å². The molecule has 0 bridgehead atoms. The third kappa shape index (κ3) is 4.21. The van der Waals surface area contributed by atoms with Crippen LogP contribution in [-0.4, -0.2) is 60.6 Å². The van der Waals surface area contributed by atoms with Gasteiger partial charge in [0.2, 0.25) is 5.91 Å². The molecule has 1 aromatic carbocycles. The average molecular weight is 328 g/mol. The second-order valence-corrected chi connectivity index (χ2v) is 6.35. The number of aromatic nitrogens is 1. The Labute approximate surface area is 142 Å². The molecule has 6 heteroatoms. The molecule has 0 atom stereocenters. The fourth-order valence-corrected chi connectivity index (χ4v) is 2.81. The largest absolute Gasteiger partial charge is 0.359 e. The minimum atomic E-state index is 0.164. The number of piperazine rings is 1. The number of carbonyl (C=O) groups is 1. The van der Waals surface area contributed by atoms with Crippen LogP contribution in [0.25, 0.3) is 11.3 Å². The Balaban J connectivity index is 1.55. The third-order valence-electron chi connectivity index (χ3n) is 4.21. The van der Waals surface area contributed by atoms with Gasteiger partial charge in [-0.05, 0) is 14.0 Å². The number of rotatable bonds is 5. The average Bonchev–Trinajstić information content (AvgIpc) is 3.04. The Bertz CT molecular complexity index is 675. The Hall–Kier alpha value is -2.18. The Kier molecular flexibility index (Phi) is 5.27. The van der Waals surface area contributed by atoms with Crippen molar-refractivity contribution in [3.8, 4) is 11.3 Å². The van der Waals surface area contributed by atoms with E-state index in [0.29, 0.717) is 13.1 Å². The lowest BCUT2D eigenvalue weighted by molar-refractivity contribution is -0.132. The predicted molar refractivity (Wildman–Crippen MR) is 92.5 cm³/mol.